The highest BCUT2D eigenvalue weighted by molar-refractivity contribution is 5.79. The minimum atomic E-state index is 0.205. The van der Waals surface area contributed by atoms with E-state index in [-0.39, 0.29) is 5.41 Å². The van der Waals surface area contributed by atoms with Crippen LogP contribution in [-0.4, -0.2) is 52.5 Å². The normalized spacial score (nSPS) is 12.3. The molecule has 154 valence electrons. The molecule has 0 spiro atoms. The van der Waals surface area contributed by atoms with Crippen molar-refractivity contribution in [1.29, 1.82) is 0 Å². The molecule has 0 unspecified atom stereocenters. The van der Waals surface area contributed by atoms with Crippen molar-refractivity contribution in [3.63, 3.8) is 0 Å². The maximum atomic E-state index is 5.47. The van der Waals surface area contributed by atoms with Crippen LogP contribution < -0.4 is 10.6 Å². The Morgan fingerprint density at radius 1 is 1.00 bits per heavy atom. The summed E-state index contributed by atoms with van der Waals surface area (Å²) in [5.41, 5.74) is 2.93. The monoisotopic (exact) mass is 377 g/mol. The van der Waals surface area contributed by atoms with Crippen LogP contribution in [-0.2, 0) is 21.3 Å². The van der Waals surface area contributed by atoms with Crippen molar-refractivity contribution in [3.8, 4) is 0 Å². The average molecular weight is 378 g/mol. The van der Waals surface area contributed by atoms with Crippen molar-refractivity contribution in [3.05, 3.63) is 35.4 Å². The van der Waals surface area contributed by atoms with Gasteiger partial charge >= 0.3 is 0 Å². The standard InChI is InChI=1S/C22H39N3O2/c1-6-23-21(24-14-7-8-16-27-18-17-26-5)25-15-13-19-9-11-20(12-10-19)22(2,3)4/h9-12H,6-8,13-18H2,1-5H3,(H2,23,24,25). The van der Waals surface area contributed by atoms with E-state index in [1.165, 1.54) is 11.1 Å². The Morgan fingerprint density at radius 3 is 2.37 bits per heavy atom. The Balaban J connectivity index is 2.29. The van der Waals surface area contributed by atoms with E-state index in [0.717, 1.165) is 51.5 Å². The zero-order valence-corrected chi connectivity index (χ0v) is 17.9. The molecule has 0 saturated carbocycles. The Morgan fingerprint density at radius 2 is 1.74 bits per heavy atom. The molecule has 0 amide bonds. The van der Waals surface area contributed by atoms with Crippen LogP contribution >= 0.6 is 0 Å². The Kier molecular flexibility index (Phi) is 11.8. The van der Waals surface area contributed by atoms with Gasteiger partial charge in [-0.05, 0) is 42.7 Å². The second-order valence-corrected chi connectivity index (χ2v) is 7.70. The SMILES string of the molecule is CCNC(=NCCCCOCCOC)NCCc1ccc(C(C)(C)C)cc1. The van der Waals surface area contributed by atoms with Crippen molar-refractivity contribution in [2.24, 2.45) is 4.99 Å². The van der Waals surface area contributed by atoms with E-state index in [4.69, 9.17) is 9.47 Å². The maximum Gasteiger partial charge on any atom is 0.191 e. The van der Waals surface area contributed by atoms with Gasteiger partial charge in [-0.15, -0.1) is 0 Å². The molecule has 0 aliphatic rings. The molecule has 0 aromatic heterocycles. The number of nitrogens with one attached hydrogen (secondary N) is 2. The van der Waals surface area contributed by atoms with Crippen LogP contribution in [0.5, 0.6) is 0 Å². The number of nitrogens with zero attached hydrogens (tertiary/aromatic N) is 1. The third-order valence-electron chi connectivity index (χ3n) is 4.27. The van der Waals surface area contributed by atoms with Crippen LogP contribution in [0.25, 0.3) is 0 Å². The minimum absolute atomic E-state index is 0.205. The van der Waals surface area contributed by atoms with E-state index < -0.39 is 0 Å². The van der Waals surface area contributed by atoms with E-state index in [1.54, 1.807) is 7.11 Å². The second kappa shape index (κ2) is 13.6. The number of hydrogen-bond donors (Lipinski definition) is 2. The molecular formula is C22H39N3O2. The summed E-state index contributed by atoms with van der Waals surface area (Å²) in [6, 6.07) is 8.94. The van der Waals surface area contributed by atoms with Gasteiger partial charge in [0.2, 0.25) is 0 Å². The van der Waals surface area contributed by atoms with Gasteiger partial charge in [0.05, 0.1) is 13.2 Å². The van der Waals surface area contributed by atoms with E-state index in [0.29, 0.717) is 13.2 Å². The molecule has 0 heterocycles. The zero-order valence-electron chi connectivity index (χ0n) is 17.9. The second-order valence-electron chi connectivity index (χ2n) is 7.70. The van der Waals surface area contributed by atoms with Crippen LogP contribution in [0.4, 0.5) is 0 Å². The molecule has 0 aliphatic carbocycles. The molecule has 0 fully saturated rings. The lowest BCUT2D eigenvalue weighted by molar-refractivity contribution is 0.0690. The van der Waals surface area contributed by atoms with Gasteiger partial charge in [0.25, 0.3) is 0 Å². The van der Waals surface area contributed by atoms with E-state index in [1.807, 2.05) is 0 Å². The lowest BCUT2D eigenvalue weighted by Crippen LogP contribution is -2.38. The fourth-order valence-electron chi connectivity index (χ4n) is 2.59. The van der Waals surface area contributed by atoms with Crippen LogP contribution in [0.2, 0.25) is 0 Å². The molecule has 0 aliphatic heterocycles. The zero-order chi connectivity index (χ0) is 20.0. The summed E-state index contributed by atoms with van der Waals surface area (Å²) in [4.78, 5) is 4.64. The van der Waals surface area contributed by atoms with Gasteiger partial charge in [-0.1, -0.05) is 45.0 Å². The van der Waals surface area contributed by atoms with Crippen LogP contribution in [0.15, 0.2) is 29.3 Å². The van der Waals surface area contributed by atoms with Crippen LogP contribution in [0.3, 0.4) is 0 Å². The number of hydrogen-bond acceptors (Lipinski definition) is 3. The van der Waals surface area contributed by atoms with Crippen molar-refractivity contribution in [1.82, 2.24) is 10.6 Å². The first-order valence-corrected chi connectivity index (χ1v) is 10.2. The maximum absolute atomic E-state index is 5.47. The molecule has 5 heteroatoms. The summed E-state index contributed by atoms with van der Waals surface area (Å²) < 4.78 is 10.4. The predicted molar refractivity (Wildman–Crippen MR) is 115 cm³/mol. The first-order valence-electron chi connectivity index (χ1n) is 10.2. The van der Waals surface area contributed by atoms with E-state index >= 15 is 0 Å². The smallest absolute Gasteiger partial charge is 0.191 e. The van der Waals surface area contributed by atoms with Gasteiger partial charge in [0.1, 0.15) is 0 Å². The lowest BCUT2D eigenvalue weighted by atomic mass is 9.86. The number of benzene rings is 1. The predicted octanol–water partition coefficient (Wildman–Crippen LogP) is 3.52. The van der Waals surface area contributed by atoms with Crippen molar-refractivity contribution in [2.75, 3.05) is 46.6 Å². The van der Waals surface area contributed by atoms with E-state index in [2.05, 4.69) is 67.6 Å². The summed E-state index contributed by atoms with van der Waals surface area (Å²) in [5, 5.41) is 6.73. The third kappa shape index (κ3) is 11.0. The highest BCUT2D eigenvalue weighted by atomic mass is 16.5. The van der Waals surface area contributed by atoms with Gasteiger partial charge < -0.3 is 20.1 Å². The quantitative estimate of drug-likeness (QED) is 0.332. The van der Waals surface area contributed by atoms with Gasteiger partial charge in [0, 0.05) is 33.4 Å². The van der Waals surface area contributed by atoms with Gasteiger partial charge in [-0.25, -0.2) is 0 Å². The lowest BCUT2D eigenvalue weighted by Gasteiger charge is -2.19. The van der Waals surface area contributed by atoms with Crippen molar-refractivity contribution < 1.29 is 9.47 Å². The molecule has 1 aromatic rings. The molecule has 2 N–H and O–H groups in total. The van der Waals surface area contributed by atoms with Crippen molar-refractivity contribution >= 4 is 5.96 Å². The number of ether oxygens (including phenoxy) is 2. The topological polar surface area (TPSA) is 54.9 Å². The number of aliphatic imine (C=N–C) groups is 1. The average Bonchev–Trinajstić information content (AvgIpc) is 2.63. The molecule has 1 rings (SSSR count). The van der Waals surface area contributed by atoms with Crippen LogP contribution in [0, 0.1) is 0 Å². The van der Waals surface area contributed by atoms with Gasteiger partial charge in [-0.2, -0.15) is 0 Å². The van der Waals surface area contributed by atoms with Gasteiger partial charge in [0.15, 0.2) is 5.96 Å². The molecule has 0 bridgehead atoms. The Bertz CT molecular complexity index is 521. The molecule has 5 nitrogen and oxygen atoms in total. The number of methoxy groups -OCH3 is 1. The first-order chi connectivity index (χ1) is 13.0. The highest BCUT2D eigenvalue weighted by Crippen LogP contribution is 2.22. The molecular weight excluding hydrogens is 338 g/mol. The third-order valence-corrected chi connectivity index (χ3v) is 4.27. The summed E-state index contributed by atoms with van der Waals surface area (Å²) in [5.74, 6) is 0.893. The minimum Gasteiger partial charge on any atom is -0.382 e. The number of unbranched alkanes of at least 4 members (excludes halogenated alkanes) is 1. The molecule has 0 radical (unpaired) electrons. The molecule has 0 saturated heterocycles. The van der Waals surface area contributed by atoms with Crippen molar-refractivity contribution in [2.45, 2.75) is 52.4 Å². The summed E-state index contributed by atoms with van der Waals surface area (Å²) in [6.45, 7) is 13.5. The van der Waals surface area contributed by atoms with Crippen LogP contribution in [0.1, 0.15) is 51.7 Å². The Hall–Kier alpha value is -1.59. The van der Waals surface area contributed by atoms with E-state index in [9.17, 15) is 0 Å². The fourth-order valence-corrected chi connectivity index (χ4v) is 2.59. The summed E-state index contributed by atoms with van der Waals surface area (Å²) in [7, 11) is 1.69. The Labute approximate surface area is 165 Å². The van der Waals surface area contributed by atoms with Gasteiger partial charge in [-0.3, -0.25) is 4.99 Å². The summed E-state index contributed by atoms with van der Waals surface area (Å²) in [6.07, 6.45) is 3.03. The molecule has 1 aromatic carbocycles. The molecule has 27 heavy (non-hydrogen) atoms. The number of rotatable bonds is 12. The highest BCUT2D eigenvalue weighted by Gasteiger charge is 2.12. The first kappa shape index (κ1) is 23.4. The largest absolute Gasteiger partial charge is 0.382 e. The summed E-state index contributed by atoms with van der Waals surface area (Å²) >= 11 is 0. The fraction of sp³-hybridized carbons (Fsp3) is 0.682. The number of guanidine groups is 1. The molecule has 0 atom stereocenters.